The second-order valence-electron chi connectivity index (χ2n) is 4.70. The van der Waals surface area contributed by atoms with Crippen LogP contribution >= 0.6 is 11.6 Å². The summed E-state index contributed by atoms with van der Waals surface area (Å²) >= 11 is 5.84. The number of ketones is 1. The summed E-state index contributed by atoms with van der Waals surface area (Å²) in [6.07, 6.45) is -0.128. The van der Waals surface area contributed by atoms with Gasteiger partial charge < -0.3 is 11.5 Å². The third kappa shape index (κ3) is 6.07. The van der Waals surface area contributed by atoms with E-state index in [9.17, 15) is 9.59 Å². The molecule has 2 aromatic rings. The van der Waals surface area contributed by atoms with Crippen molar-refractivity contribution in [1.82, 2.24) is 5.43 Å². The minimum Gasteiger partial charge on any atom is -0.398 e. The zero-order chi connectivity index (χ0) is 18.1. The van der Waals surface area contributed by atoms with Crippen molar-refractivity contribution >= 4 is 34.8 Å². The van der Waals surface area contributed by atoms with Crippen molar-refractivity contribution in [3.8, 4) is 0 Å². The molecule has 0 bridgehead atoms. The molecule has 2 aromatic carbocycles. The first-order chi connectivity index (χ1) is 11.3. The summed E-state index contributed by atoms with van der Waals surface area (Å²) in [6.45, 7) is 0. The van der Waals surface area contributed by atoms with E-state index in [0.717, 1.165) is 0 Å². The van der Waals surface area contributed by atoms with Crippen molar-refractivity contribution in [1.29, 1.82) is 5.41 Å². The highest BCUT2D eigenvalue weighted by molar-refractivity contribution is 6.31. The molecule has 0 fully saturated rings. The quantitative estimate of drug-likeness (QED) is 0.108. The normalized spacial score (nSPS) is 9.42. The summed E-state index contributed by atoms with van der Waals surface area (Å²) < 4.78 is 0. The molecule has 0 radical (unpaired) electrons. The largest absolute Gasteiger partial charge is 0.398 e. The first-order valence-corrected chi connectivity index (χ1v) is 7.20. The maximum absolute atomic E-state index is 12.1. The van der Waals surface area contributed by atoms with Crippen LogP contribution in [-0.4, -0.2) is 17.5 Å². The minimum absolute atomic E-state index is 0.111. The van der Waals surface area contributed by atoms with Gasteiger partial charge in [-0.2, -0.15) is 0 Å². The second-order valence-corrected chi connectivity index (χ2v) is 5.13. The molecule has 2 rings (SSSR count). The van der Waals surface area contributed by atoms with Crippen molar-refractivity contribution < 1.29 is 9.59 Å². The molecule has 126 valence electrons. The van der Waals surface area contributed by atoms with Crippen LogP contribution in [0, 0.1) is 5.41 Å². The molecule has 24 heavy (non-hydrogen) atoms. The van der Waals surface area contributed by atoms with Crippen LogP contribution < -0.4 is 22.7 Å². The van der Waals surface area contributed by atoms with E-state index in [1.54, 1.807) is 30.3 Å². The smallest absolute Gasteiger partial charge is 0.241 e. The molecule has 0 saturated carbocycles. The Bertz CT molecular complexity index is 735. The summed E-state index contributed by atoms with van der Waals surface area (Å²) in [5.74, 6) is 3.92. The lowest BCUT2D eigenvalue weighted by molar-refractivity contribution is -0.119. The SMILES string of the molecule is N=C(N)CC(=O)NN.Nc1ccc(Cl)cc1C(=O)c1ccccc1. The van der Waals surface area contributed by atoms with Gasteiger partial charge in [-0.1, -0.05) is 41.9 Å². The number of hydrogen-bond acceptors (Lipinski definition) is 5. The van der Waals surface area contributed by atoms with Gasteiger partial charge in [-0.25, -0.2) is 5.84 Å². The predicted molar refractivity (Wildman–Crippen MR) is 94.6 cm³/mol. The Morgan fingerprint density at radius 1 is 1.12 bits per heavy atom. The van der Waals surface area contributed by atoms with Gasteiger partial charge in [0.15, 0.2) is 5.78 Å². The Balaban J connectivity index is 0.000000307. The Kier molecular flexibility index (Phi) is 7.41. The van der Waals surface area contributed by atoms with Crippen LogP contribution in [0.15, 0.2) is 48.5 Å². The number of amides is 1. The average molecular weight is 348 g/mol. The topological polar surface area (TPSA) is 148 Å². The van der Waals surface area contributed by atoms with E-state index in [1.807, 2.05) is 23.6 Å². The monoisotopic (exact) mass is 347 g/mol. The summed E-state index contributed by atoms with van der Waals surface area (Å²) in [5.41, 5.74) is 13.9. The highest BCUT2D eigenvalue weighted by Gasteiger charge is 2.12. The van der Waals surface area contributed by atoms with E-state index in [4.69, 9.17) is 28.5 Å². The molecule has 0 aliphatic carbocycles. The lowest BCUT2D eigenvalue weighted by atomic mass is 10.0. The summed E-state index contributed by atoms with van der Waals surface area (Å²) in [4.78, 5) is 22.2. The lowest BCUT2D eigenvalue weighted by Gasteiger charge is -2.05. The first-order valence-electron chi connectivity index (χ1n) is 6.82. The van der Waals surface area contributed by atoms with Gasteiger partial charge in [0, 0.05) is 21.8 Å². The Labute approximate surface area is 144 Å². The number of carbonyl (C=O) groups excluding carboxylic acids is 2. The fraction of sp³-hybridized carbons (Fsp3) is 0.0625. The molecule has 8 N–H and O–H groups in total. The van der Waals surface area contributed by atoms with E-state index in [-0.39, 0.29) is 18.0 Å². The molecule has 0 heterocycles. The van der Waals surface area contributed by atoms with E-state index in [0.29, 0.717) is 21.8 Å². The maximum atomic E-state index is 12.1. The standard InChI is InChI=1S/C13H10ClNO.C3H8N4O/c14-10-6-7-12(15)11(8-10)13(16)9-4-2-1-3-5-9;4-2(5)1-3(8)7-6/h1-8H,15H2;1,6H2,(H3,4,5)(H,7,8). The van der Waals surface area contributed by atoms with Crippen LogP contribution in [0.2, 0.25) is 5.02 Å². The zero-order valence-corrected chi connectivity index (χ0v) is 13.5. The molecule has 7 nitrogen and oxygen atoms in total. The van der Waals surface area contributed by atoms with Gasteiger partial charge in [-0.05, 0) is 18.2 Å². The molecule has 1 amide bonds. The highest BCUT2D eigenvalue weighted by Crippen LogP contribution is 2.20. The van der Waals surface area contributed by atoms with Crippen LogP contribution in [0.4, 0.5) is 5.69 Å². The molecule has 0 saturated heterocycles. The third-order valence-electron chi connectivity index (χ3n) is 2.81. The zero-order valence-electron chi connectivity index (χ0n) is 12.8. The summed E-state index contributed by atoms with van der Waals surface area (Å²) in [7, 11) is 0. The second kappa shape index (κ2) is 9.29. The van der Waals surface area contributed by atoms with Crippen molar-refractivity contribution in [2.75, 3.05) is 5.73 Å². The third-order valence-corrected chi connectivity index (χ3v) is 3.04. The number of benzene rings is 2. The fourth-order valence-corrected chi connectivity index (χ4v) is 1.87. The number of nitrogens with one attached hydrogen (secondary N) is 2. The number of anilines is 1. The number of rotatable bonds is 4. The molecular weight excluding hydrogens is 330 g/mol. The number of amidine groups is 1. The average Bonchev–Trinajstić information content (AvgIpc) is 2.57. The van der Waals surface area contributed by atoms with Gasteiger partial charge >= 0.3 is 0 Å². The molecule has 0 unspecified atom stereocenters. The van der Waals surface area contributed by atoms with Gasteiger partial charge in [0.25, 0.3) is 0 Å². The number of halogens is 1. The Hall–Kier alpha value is -2.90. The molecule has 0 spiro atoms. The molecule has 0 aliphatic heterocycles. The number of carbonyl (C=O) groups is 2. The van der Waals surface area contributed by atoms with E-state index in [1.165, 1.54) is 0 Å². The van der Waals surface area contributed by atoms with Crippen LogP contribution in [0.5, 0.6) is 0 Å². The molecule has 0 atom stereocenters. The number of nitrogen functional groups attached to an aromatic ring is 1. The fourth-order valence-electron chi connectivity index (χ4n) is 1.69. The molecule has 0 aliphatic rings. The maximum Gasteiger partial charge on any atom is 0.241 e. The highest BCUT2D eigenvalue weighted by atomic mass is 35.5. The van der Waals surface area contributed by atoms with Crippen molar-refractivity contribution in [3.63, 3.8) is 0 Å². The van der Waals surface area contributed by atoms with Crippen molar-refractivity contribution in [2.45, 2.75) is 6.42 Å². The first kappa shape index (κ1) is 19.1. The lowest BCUT2D eigenvalue weighted by Crippen LogP contribution is -2.33. The van der Waals surface area contributed by atoms with Gasteiger partial charge in [0.2, 0.25) is 5.91 Å². The summed E-state index contributed by atoms with van der Waals surface area (Å²) in [6, 6.07) is 13.9. The predicted octanol–water partition coefficient (Wildman–Crippen LogP) is 1.46. The Morgan fingerprint density at radius 3 is 2.25 bits per heavy atom. The van der Waals surface area contributed by atoms with Gasteiger partial charge in [0.05, 0.1) is 6.42 Å². The van der Waals surface area contributed by atoms with E-state index >= 15 is 0 Å². The van der Waals surface area contributed by atoms with Gasteiger partial charge in [-0.3, -0.25) is 20.4 Å². The van der Waals surface area contributed by atoms with Crippen LogP contribution in [-0.2, 0) is 4.79 Å². The Morgan fingerprint density at radius 2 is 1.75 bits per heavy atom. The van der Waals surface area contributed by atoms with E-state index in [2.05, 4.69) is 5.84 Å². The van der Waals surface area contributed by atoms with Crippen LogP contribution in [0.1, 0.15) is 22.3 Å². The van der Waals surface area contributed by atoms with E-state index < -0.39 is 5.91 Å². The van der Waals surface area contributed by atoms with Crippen molar-refractivity contribution in [3.05, 3.63) is 64.7 Å². The number of hydrogen-bond donors (Lipinski definition) is 5. The van der Waals surface area contributed by atoms with Gasteiger partial charge in [0.1, 0.15) is 5.84 Å². The van der Waals surface area contributed by atoms with Crippen molar-refractivity contribution in [2.24, 2.45) is 11.6 Å². The molecule has 0 aromatic heterocycles. The molecular formula is C16H18ClN5O2. The minimum atomic E-state index is -0.447. The molecule has 8 heteroatoms. The summed E-state index contributed by atoms with van der Waals surface area (Å²) in [5, 5.41) is 7.10. The number of hydrazine groups is 1. The van der Waals surface area contributed by atoms with Crippen LogP contribution in [0.25, 0.3) is 0 Å². The number of nitrogens with two attached hydrogens (primary N) is 3. The van der Waals surface area contributed by atoms with Gasteiger partial charge in [-0.15, -0.1) is 0 Å². The van der Waals surface area contributed by atoms with Crippen LogP contribution in [0.3, 0.4) is 0 Å².